The standard InChI is InChI=1S/C24H23ClN2O2/c1-17-15-20(16-22(25)26-17)23(28)27-13-11-24(29,12-14-27)21-9-7-19(8-10-21)18-5-3-2-4-6-18/h2-10,15-16,29H,11-14H2,1H3. The van der Waals surface area contributed by atoms with Crippen LogP contribution in [0.1, 0.15) is 34.5 Å². The predicted octanol–water partition coefficient (Wildman–Crippen LogP) is 4.83. The van der Waals surface area contributed by atoms with Gasteiger partial charge in [0.1, 0.15) is 5.15 Å². The largest absolute Gasteiger partial charge is 0.385 e. The molecular formula is C24H23ClN2O2. The van der Waals surface area contributed by atoms with E-state index in [-0.39, 0.29) is 5.91 Å². The minimum atomic E-state index is -0.919. The lowest BCUT2D eigenvalue weighted by atomic mass is 9.83. The Morgan fingerprint density at radius 1 is 1.00 bits per heavy atom. The van der Waals surface area contributed by atoms with Crippen LogP contribution in [0.15, 0.2) is 66.7 Å². The van der Waals surface area contributed by atoms with Crippen LogP contribution in [0.2, 0.25) is 5.15 Å². The topological polar surface area (TPSA) is 53.4 Å². The average molecular weight is 407 g/mol. The number of hydrogen-bond acceptors (Lipinski definition) is 3. The summed E-state index contributed by atoms with van der Waals surface area (Å²) in [6.45, 7) is 2.81. The van der Waals surface area contributed by atoms with Crippen molar-refractivity contribution < 1.29 is 9.90 Å². The number of aromatic nitrogens is 1. The maximum Gasteiger partial charge on any atom is 0.254 e. The molecule has 4 nitrogen and oxygen atoms in total. The normalized spacial score (nSPS) is 15.9. The third-order valence-electron chi connectivity index (χ3n) is 5.58. The van der Waals surface area contributed by atoms with E-state index in [4.69, 9.17) is 11.6 Å². The maximum absolute atomic E-state index is 12.8. The number of halogens is 1. The summed E-state index contributed by atoms with van der Waals surface area (Å²) in [4.78, 5) is 18.7. The Bertz CT molecular complexity index is 991. The monoisotopic (exact) mass is 406 g/mol. The summed E-state index contributed by atoms with van der Waals surface area (Å²) in [7, 11) is 0. The van der Waals surface area contributed by atoms with Gasteiger partial charge in [-0.25, -0.2) is 4.98 Å². The van der Waals surface area contributed by atoms with Gasteiger partial charge in [-0.05, 0) is 48.6 Å². The van der Waals surface area contributed by atoms with Gasteiger partial charge in [0.05, 0.1) is 5.60 Å². The van der Waals surface area contributed by atoms with Crippen LogP contribution in [0.25, 0.3) is 11.1 Å². The molecule has 0 radical (unpaired) electrons. The fourth-order valence-electron chi connectivity index (χ4n) is 3.91. The first-order valence-electron chi connectivity index (χ1n) is 9.76. The number of aliphatic hydroxyl groups is 1. The number of aryl methyl sites for hydroxylation is 1. The van der Waals surface area contributed by atoms with Crippen molar-refractivity contribution in [1.29, 1.82) is 0 Å². The Kier molecular flexibility index (Phi) is 5.39. The summed E-state index contributed by atoms with van der Waals surface area (Å²) in [5, 5.41) is 11.5. The van der Waals surface area contributed by atoms with E-state index in [2.05, 4.69) is 17.1 Å². The molecule has 0 atom stereocenters. The first-order chi connectivity index (χ1) is 13.9. The molecule has 0 spiro atoms. The van der Waals surface area contributed by atoms with E-state index in [0.717, 1.165) is 16.7 Å². The lowest BCUT2D eigenvalue weighted by molar-refractivity contribution is -0.0211. The molecule has 0 bridgehead atoms. The zero-order valence-electron chi connectivity index (χ0n) is 16.3. The average Bonchev–Trinajstić information content (AvgIpc) is 2.74. The molecule has 29 heavy (non-hydrogen) atoms. The molecule has 148 valence electrons. The number of amides is 1. The van der Waals surface area contributed by atoms with Crippen LogP contribution in [0.5, 0.6) is 0 Å². The Balaban J connectivity index is 1.46. The fourth-order valence-corrected chi connectivity index (χ4v) is 4.16. The number of likely N-dealkylation sites (tertiary alicyclic amines) is 1. The summed E-state index contributed by atoms with van der Waals surface area (Å²) in [6, 6.07) is 21.6. The second-order valence-electron chi connectivity index (χ2n) is 7.59. The zero-order chi connectivity index (χ0) is 20.4. The number of nitrogens with zero attached hydrogens (tertiary/aromatic N) is 2. The third kappa shape index (κ3) is 4.19. The van der Waals surface area contributed by atoms with Gasteiger partial charge in [0.15, 0.2) is 0 Å². The van der Waals surface area contributed by atoms with Gasteiger partial charge < -0.3 is 10.0 Å². The zero-order valence-corrected chi connectivity index (χ0v) is 17.1. The van der Waals surface area contributed by atoms with Gasteiger partial charge in [-0.1, -0.05) is 66.2 Å². The molecule has 4 rings (SSSR count). The number of hydrogen-bond donors (Lipinski definition) is 1. The lowest BCUT2D eigenvalue weighted by Gasteiger charge is -2.38. The van der Waals surface area contributed by atoms with E-state index < -0.39 is 5.60 Å². The molecule has 1 aliphatic heterocycles. The number of piperidine rings is 1. The molecule has 2 aromatic carbocycles. The molecule has 1 fully saturated rings. The van der Waals surface area contributed by atoms with Gasteiger partial charge in [-0.2, -0.15) is 0 Å². The van der Waals surface area contributed by atoms with Crippen LogP contribution < -0.4 is 0 Å². The molecule has 1 amide bonds. The van der Waals surface area contributed by atoms with E-state index in [1.807, 2.05) is 49.4 Å². The van der Waals surface area contributed by atoms with Crippen molar-refractivity contribution in [2.75, 3.05) is 13.1 Å². The second-order valence-corrected chi connectivity index (χ2v) is 7.97. The highest BCUT2D eigenvalue weighted by atomic mass is 35.5. The van der Waals surface area contributed by atoms with Gasteiger partial charge in [0, 0.05) is 24.3 Å². The Hall–Kier alpha value is -2.69. The van der Waals surface area contributed by atoms with E-state index in [9.17, 15) is 9.90 Å². The molecule has 1 N–H and O–H groups in total. The van der Waals surface area contributed by atoms with Gasteiger partial charge in [0.2, 0.25) is 0 Å². The maximum atomic E-state index is 12.8. The van der Waals surface area contributed by atoms with Crippen molar-refractivity contribution in [3.05, 3.63) is 88.7 Å². The number of rotatable bonds is 3. The van der Waals surface area contributed by atoms with E-state index >= 15 is 0 Å². The summed E-state index contributed by atoms with van der Waals surface area (Å²) in [5.41, 5.74) is 3.51. The Morgan fingerprint density at radius 3 is 2.24 bits per heavy atom. The van der Waals surface area contributed by atoms with Gasteiger partial charge in [-0.15, -0.1) is 0 Å². The van der Waals surface area contributed by atoms with Crippen molar-refractivity contribution >= 4 is 17.5 Å². The van der Waals surface area contributed by atoms with E-state index in [0.29, 0.717) is 42.3 Å². The predicted molar refractivity (Wildman–Crippen MR) is 115 cm³/mol. The Morgan fingerprint density at radius 2 is 1.62 bits per heavy atom. The van der Waals surface area contributed by atoms with Gasteiger partial charge in [-0.3, -0.25) is 4.79 Å². The minimum absolute atomic E-state index is 0.0705. The highest BCUT2D eigenvalue weighted by molar-refractivity contribution is 6.29. The molecule has 1 saturated heterocycles. The van der Waals surface area contributed by atoms with Gasteiger partial charge in [0.25, 0.3) is 5.91 Å². The van der Waals surface area contributed by atoms with Crippen LogP contribution in [0, 0.1) is 6.92 Å². The third-order valence-corrected chi connectivity index (χ3v) is 5.77. The molecule has 3 aromatic rings. The van der Waals surface area contributed by atoms with Crippen LogP contribution in [-0.2, 0) is 5.60 Å². The first-order valence-corrected chi connectivity index (χ1v) is 10.1. The molecule has 1 aliphatic rings. The van der Waals surface area contributed by atoms with E-state index in [1.165, 1.54) is 0 Å². The molecule has 0 saturated carbocycles. The molecule has 0 unspecified atom stereocenters. The van der Waals surface area contributed by atoms with Crippen LogP contribution in [-0.4, -0.2) is 34.0 Å². The van der Waals surface area contributed by atoms with Crippen LogP contribution in [0.3, 0.4) is 0 Å². The molecule has 5 heteroatoms. The number of carbonyl (C=O) groups is 1. The van der Waals surface area contributed by atoms with Crippen molar-refractivity contribution in [2.24, 2.45) is 0 Å². The van der Waals surface area contributed by atoms with Crippen molar-refractivity contribution in [3.63, 3.8) is 0 Å². The minimum Gasteiger partial charge on any atom is -0.385 e. The summed E-state index contributed by atoms with van der Waals surface area (Å²) in [5.74, 6) is -0.0705. The smallest absolute Gasteiger partial charge is 0.254 e. The Labute approximate surface area is 175 Å². The number of pyridine rings is 1. The number of carbonyl (C=O) groups excluding carboxylic acids is 1. The fraction of sp³-hybridized carbons (Fsp3) is 0.250. The van der Waals surface area contributed by atoms with Gasteiger partial charge >= 0.3 is 0 Å². The first kappa shape index (κ1) is 19.6. The van der Waals surface area contributed by atoms with E-state index in [1.54, 1.807) is 17.0 Å². The summed E-state index contributed by atoms with van der Waals surface area (Å²) >= 11 is 5.99. The van der Waals surface area contributed by atoms with Crippen LogP contribution in [0.4, 0.5) is 0 Å². The quantitative estimate of drug-likeness (QED) is 0.633. The highest BCUT2D eigenvalue weighted by Gasteiger charge is 2.35. The SMILES string of the molecule is Cc1cc(C(=O)N2CCC(O)(c3ccc(-c4ccccc4)cc3)CC2)cc(Cl)n1. The van der Waals surface area contributed by atoms with Crippen molar-refractivity contribution in [1.82, 2.24) is 9.88 Å². The highest BCUT2D eigenvalue weighted by Crippen LogP contribution is 2.34. The van der Waals surface area contributed by atoms with Crippen molar-refractivity contribution in [2.45, 2.75) is 25.4 Å². The van der Waals surface area contributed by atoms with Crippen LogP contribution >= 0.6 is 11.6 Å². The molecule has 0 aliphatic carbocycles. The summed E-state index contributed by atoms with van der Waals surface area (Å²) < 4.78 is 0. The molecule has 2 heterocycles. The molecule has 1 aromatic heterocycles. The molecular weight excluding hydrogens is 384 g/mol. The number of benzene rings is 2. The lowest BCUT2D eigenvalue weighted by Crippen LogP contribution is -2.45. The van der Waals surface area contributed by atoms with Crippen molar-refractivity contribution in [3.8, 4) is 11.1 Å². The second kappa shape index (κ2) is 7.97. The summed E-state index contributed by atoms with van der Waals surface area (Å²) in [6.07, 6.45) is 1.00.